The Balaban J connectivity index is 1.39. The lowest BCUT2D eigenvalue weighted by molar-refractivity contribution is -0.164. The van der Waals surface area contributed by atoms with Crippen molar-refractivity contribution in [2.24, 2.45) is 0 Å². The molecule has 1 aromatic rings. The van der Waals surface area contributed by atoms with E-state index in [0.717, 1.165) is 5.56 Å². The van der Waals surface area contributed by atoms with Gasteiger partial charge in [0.1, 0.15) is 12.1 Å². The molecule has 0 aromatic heterocycles. The van der Waals surface area contributed by atoms with Gasteiger partial charge in [0, 0.05) is 19.5 Å². The summed E-state index contributed by atoms with van der Waals surface area (Å²) in [7, 11) is 0. The molecule has 0 bridgehead atoms. The van der Waals surface area contributed by atoms with Crippen LogP contribution in [0.3, 0.4) is 0 Å². The molecule has 0 radical (unpaired) electrons. The van der Waals surface area contributed by atoms with Crippen molar-refractivity contribution in [2.45, 2.75) is 31.3 Å². The van der Waals surface area contributed by atoms with Crippen molar-refractivity contribution in [3.63, 3.8) is 0 Å². The molecule has 10 heteroatoms. The topological polar surface area (TPSA) is 108 Å². The first-order chi connectivity index (χ1) is 13.4. The van der Waals surface area contributed by atoms with Crippen molar-refractivity contribution in [1.82, 2.24) is 15.3 Å². The van der Waals surface area contributed by atoms with E-state index in [9.17, 15) is 19.5 Å². The first-order valence-electron chi connectivity index (χ1n) is 8.97. The number of amides is 2. The lowest BCUT2D eigenvalue weighted by Gasteiger charge is -2.36. The van der Waals surface area contributed by atoms with Crippen LogP contribution >= 0.6 is 12.2 Å². The van der Waals surface area contributed by atoms with Crippen molar-refractivity contribution in [1.29, 1.82) is 0 Å². The summed E-state index contributed by atoms with van der Waals surface area (Å²) in [6.45, 7) is 1.00. The van der Waals surface area contributed by atoms with E-state index >= 15 is 0 Å². The van der Waals surface area contributed by atoms with Gasteiger partial charge in [-0.1, -0.05) is 18.3 Å². The molecule has 2 amide bonds. The van der Waals surface area contributed by atoms with Crippen LogP contribution in [0.25, 0.3) is 0 Å². The molecule has 2 atom stereocenters. The summed E-state index contributed by atoms with van der Waals surface area (Å²) in [5.41, 5.74) is 0.800. The maximum absolute atomic E-state index is 12.6. The van der Waals surface area contributed by atoms with Gasteiger partial charge in [-0.25, -0.2) is 9.80 Å². The second-order valence-electron chi connectivity index (χ2n) is 6.91. The van der Waals surface area contributed by atoms with E-state index in [-0.39, 0.29) is 24.6 Å². The van der Waals surface area contributed by atoms with Gasteiger partial charge in [-0.2, -0.15) is 0 Å². The number of carboxylic acids is 1. The average Bonchev–Trinajstić information content (AvgIpc) is 3.26. The summed E-state index contributed by atoms with van der Waals surface area (Å²) in [5, 5.41) is 14.9. The number of aliphatic carboxylic acids is 1. The lowest BCUT2D eigenvalue weighted by Crippen LogP contribution is -2.54. The Morgan fingerprint density at radius 3 is 2.86 bits per heavy atom. The minimum atomic E-state index is -1.04. The van der Waals surface area contributed by atoms with Gasteiger partial charge in [-0.15, -0.1) is 0 Å². The minimum absolute atomic E-state index is 0.140. The van der Waals surface area contributed by atoms with Crippen molar-refractivity contribution in [3.05, 3.63) is 23.8 Å². The molecule has 0 saturated carbocycles. The number of rotatable bonds is 5. The van der Waals surface area contributed by atoms with Gasteiger partial charge in [-0.05, 0) is 30.5 Å². The van der Waals surface area contributed by atoms with E-state index in [1.807, 2.05) is 0 Å². The molecular weight excluding hydrogens is 386 g/mol. The van der Waals surface area contributed by atoms with Crippen LogP contribution < -0.4 is 14.8 Å². The fraction of sp³-hybridized carbons (Fsp3) is 0.444. The summed E-state index contributed by atoms with van der Waals surface area (Å²) in [5.74, 6) is -0.695. The monoisotopic (exact) mass is 405 g/mol. The molecule has 148 valence electrons. The third kappa shape index (κ3) is 3.40. The second kappa shape index (κ2) is 7.36. The number of fused-ring (bicyclic) bond motifs is 2. The highest BCUT2D eigenvalue weighted by Crippen LogP contribution is 2.32. The number of ether oxygens (including phenoxy) is 2. The van der Waals surface area contributed by atoms with Crippen molar-refractivity contribution >= 4 is 34.9 Å². The fourth-order valence-electron chi connectivity index (χ4n) is 3.71. The maximum atomic E-state index is 12.6. The smallest absolute Gasteiger partial charge is 0.328 e. The zero-order valence-electron chi connectivity index (χ0n) is 14.9. The molecule has 4 rings (SSSR count). The van der Waals surface area contributed by atoms with E-state index in [0.29, 0.717) is 30.9 Å². The van der Waals surface area contributed by atoms with E-state index < -0.39 is 29.9 Å². The Morgan fingerprint density at radius 1 is 1.29 bits per heavy atom. The minimum Gasteiger partial charge on any atom is -0.480 e. The average molecular weight is 405 g/mol. The predicted octanol–water partition coefficient (Wildman–Crippen LogP) is 0.119. The third-order valence-electron chi connectivity index (χ3n) is 5.06. The zero-order valence-corrected chi connectivity index (χ0v) is 15.7. The van der Waals surface area contributed by atoms with Crippen LogP contribution in [0.5, 0.6) is 11.5 Å². The normalized spacial score (nSPS) is 23.4. The molecule has 2 fully saturated rings. The predicted molar refractivity (Wildman–Crippen MR) is 99.9 cm³/mol. The van der Waals surface area contributed by atoms with Crippen LogP contribution in [0, 0.1) is 0 Å². The Kier molecular flexibility index (Phi) is 4.90. The number of hydrogen-bond donors (Lipinski definition) is 2. The maximum Gasteiger partial charge on any atom is 0.328 e. The van der Waals surface area contributed by atoms with Crippen LogP contribution in [0.1, 0.15) is 18.4 Å². The molecule has 0 aliphatic carbocycles. The number of carbonyl (C=O) groups is 3. The summed E-state index contributed by atoms with van der Waals surface area (Å²) in [4.78, 5) is 36.7. The second-order valence-corrected chi connectivity index (χ2v) is 7.40. The molecule has 2 N–H and O–H groups in total. The molecule has 3 heterocycles. The largest absolute Gasteiger partial charge is 0.480 e. The van der Waals surface area contributed by atoms with E-state index in [1.54, 1.807) is 23.2 Å². The number of carbonyl (C=O) groups excluding carboxylic acids is 2. The number of carboxylic acid groups (broad SMARTS) is 1. The molecule has 3 aliphatic heterocycles. The van der Waals surface area contributed by atoms with Crippen LogP contribution in [-0.2, 0) is 20.8 Å². The standard InChI is InChI=1S/C18H19N3O6S/c22-16(15(28)7-10-3-4-13-14(6-10)27-9-26-13)19-11-8-20-5-1-2-12(18(24)25)21(20)17(11)23/h3-4,6,11-12H,1-2,5,7-9H2,(H,19,22)(H,24,25)/t11?,12-/m0/s1. The SMILES string of the molecule is O=C(NC1CN2CCC[C@@H](C(=O)O)N2C1=O)C(=S)Cc1ccc2c(c1)OCO2. The van der Waals surface area contributed by atoms with Crippen molar-refractivity contribution < 1.29 is 29.0 Å². The Labute approximate surface area is 166 Å². The Bertz CT molecular complexity index is 860. The number of nitrogens with zero attached hydrogens (tertiary/aromatic N) is 2. The van der Waals surface area contributed by atoms with E-state index in [1.165, 1.54) is 5.01 Å². The van der Waals surface area contributed by atoms with Crippen LogP contribution in [0.2, 0.25) is 0 Å². The van der Waals surface area contributed by atoms with Gasteiger partial charge in [0.05, 0.1) is 4.86 Å². The van der Waals surface area contributed by atoms with Gasteiger partial charge in [0.25, 0.3) is 11.8 Å². The molecule has 0 spiro atoms. The highest BCUT2D eigenvalue weighted by Gasteiger charge is 2.46. The summed E-state index contributed by atoms with van der Waals surface area (Å²) in [6.07, 6.45) is 1.31. The van der Waals surface area contributed by atoms with Crippen LogP contribution in [-0.4, -0.2) is 69.7 Å². The Morgan fingerprint density at radius 2 is 2.07 bits per heavy atom. The molecule has 1 aromatic carbocycles. The van der Waals surface area contributed by atoms with Crippen LogP contribution in [0.15, 0.2) is 18.2 Å². The summed E-state index contributed by atoms with van der Waals surface area (Å²) in [6, 6.07) is 3.64. The Hall–Kier alpha value is -2.72. The summed E-state index contributed by atoms with van der Waals surface area (Å²) >= 11 is 5.24. The lowest BCUT2D eigenvalue weighted by atomic mass is 10.1. The quantitative estimate of drug-likeness (QED) is 0.665. The number of nitrogens with one attached hydrogen (secondary N) is 1. The number of benzene rings is 1. The molecule has 28 heavy (non-hydrogen) atoms. The van der Waals surface area contributed by atoms with Gasteiger partial charge >= 0.3 is 5.97 Å². The fourth-order valence-corrected chi connectivity index (χ4v) is 3.93. The highest BCUT2D eigenvalue weighted by atomic mass is 32.1. The summed E-state index contributed by atoms with van der Waals surface area (Å²) < 4.78 is 10.6. The zero-order chi connectivity index (χ0) is 19.8. The highest BCUT2D eigenvalue weighted by molar-refractivity contribution is 7.82. The van der Waals surface area contributed by atoms with E-state index in [2.05, 4.69) is 5.32 Å². The number of thiocarbonyl (C=S) groups is 1. The van der Waals surface area contributed by atoms with Gasteiger partial charge in [-0.3, -0.25) is 14.6 Å². The molecule has 2 saturated heterocycles. The number of hydrazine groups is 1. The molecule has 3 aliphatic rings. The van der Waals surface area contributed by atoms with Crippen LogP contribution in [0.4, 0.5) is 0 Å². The van der Waals surface area contributed by atoms with Gasteiger partial charge in [0.15, 0.2) is 11.5 Å². The van der Waals surface area contributed by atoms with Gasteiger partial charge in [0.2, 0.25) is 6.79 Å². The molecular formula is C18H19N3O6S. The first kappa shape index (κ1) is 18.6. The van der Waals surface area contributed by atoms with Crippen molar-refractivity contribution in [3.8, 4) is 11.5 Å². The van der Waals surface area contributed by atoms with Crippen molar-refractivity contribution in [2.75, 3.05) is 19.9 Å². The molecule has 9 nitrogen and oxygen atoms in total. The third-order valence-corrected chi connectivity index (χ3v) is 5.39. The first-order valence-corrected chi connectivity index (χ1v) is 9.38. The molecule has 1 unspecified atom stereocenters. The van der Waals surface area contributed by atoms with Gasteiger partial charge < -0.3 is 19.9 Å². The van der Waals surface area contributed by atoms with E-state index in [4.69, 9.17) is 21.7 Å². The number of hydrogen-bond acceptors (Lipinski definition) is 7.